The topological polar surface area (TPSA) is 9.23 Å². The first-order valence-corrected chi connectivity index (χ1v) is 11.5. The van der Waals surface area contributed by atoms with E-state index in [1.165, 1.54) is 6.07 Å². The van der Waals surface area contributed by atoms with Gasteiger partial charge in [0.05, 0.1) is 6.61 Å². The number of benzene rings is 3. The van der Waals surface area contributed by atoms with Crippen LogP contribution in [0.1, 0.15) is 56.1 Å². The number of aryl methyl sites for hydroxylation is 1. The zero-order chi connectivity index (χ0) is 22.5. The summed E-state index contributed by atoms with van der Waals surface area (Å²) in [5, 5.41) is 0. The van der Waals surface area contributed by atoms with Crippen LogP contribution >= 0.6 is 0 Å². The van der Waals surface area contributed by atoms with Crippen molar-refractivity contribution in [2.24, 2.45) is 5.92 Å². The number of hydrogen-bond acceptors (Lipinski definition) is 1. The van der Waals surface area contributed by atoms with Crippen molar-refractivity contribution < 1.29 is 17.9 Å². The first-order chi connectivity index (χ1) is 15.6. The van der Waals surface area contributed by atoms with Crippen LogP contribution in [0, 0.1) is 23.4 Å². The van der Waals surface area contributed by atoms with Gasteiger partial charge in [-0.1, -0.05) is 48.5 Å². The van der Waals surface area contributed by atoms with E-state index in [0.29, 0.717) is 46.9 Å². The molecule has 0 bridgehead atoms. The molecule has 0 atom stereocenters. The van der Waals surface area contributed by atoms with Crippen LogP contribution in [0.2, 0.25) is 0 Å². The van der Waals surface area contributed by atoms with Crippen molar-refractivity contribution in [1.29, 1.82) is 0 Å². The van der Waals surface area contributed by atoms with Crippen LogP contribution in [-0.4, -0.2) is 6.61 Å². The van der Waals surface area contributed by atoms with E-state index in [1.807, 2.05) is 31.2 Å². The van der Waals surface area contributed by atoms with E-state index < -0.39 is 11.6 Å². The van der Waals surface area contributed by atoms with E-state index in [0.717, 1.165) is 32.1 Å². The van der Waals surface area contributed by atoms with Gasteiger partial charge in [0.15, 0.2) is 11.6 Å². The molecule has 4 heteroatoms. The number of halogens is 3. The van der Waals surface area contributed by atoms with Gasteiger partial charge in [0.25, 0.3) is 0 Å². The minimum Gasteiger partial charge on any atom is -0.494 e. The first-order valence-electron chi connectivity index (χ1n) is 11.5. The van der Waals surface area contributed by atoms with E-state index in [-0.39, 0.29) is 11.7 Å². The normalized spacial score (nSPS) is 18.5. The molecule has 0 unspecified atom stereocenters. The first kappa shape index (κ1) is 22.4. The van der Waals surface area contributed by atoms with Crippen molar-refractivity contribution in [2.45, 2.75) is 51.4 Å². The standard InChI is InChI=1S/C28H29F3O/c1-2-32-23-15-14-22(26(29)18-23)13-10-19-8-11-21(12-9-19)25-17-16-24(27(30)28(25)31)20-6-4-3-5-7-20/h3-7,14-19,21H,2,8-13H2,1H3. The van der Waals surface area contributed by atoms with E-state index in [4.69, 9.17) is 4.74 Å². The molecule has 0 aliphatic heterocycles. The van der Waals surface area contributed by atoms with Gasteiger partial charge in [0.2, 0.25) is 0 Å². The maximum Gasteiger partial charge on any atom is 0.166 e. The SMILES string of the molecule is CCOc1ccc(CCC2CCC(c3ccc(-c4ccccc4)c(F)c3F)CC2)c(F)c1. The Hall–Kier alpha value is -2.75. The van der Waals surface area contributed by atoms with Gasteiger partial charge in [-0.05, 0) is 80.0 Å². The lowest BCUT2D eigenvalue weighted by Gasteiger charge is -2.29. The second kappa shape index (κ2) is 10.2. The largest absolute Gasteiger partial charge is 0.494 e. The summed E-state index contributed by atoms with van der Waals surface area (Å²) in [6.07, 6.45) is 5.15. The molecule has 1 saturated carbocycles. The minimum absolute atomic E-state index is 0.0350. The molecule has 0 N–H and O–H groups in total. The summed E-state index contributed by atoms with van der Waals surface area (Å²) in [4.78, 5) is 0. The average Bonchev–Trinajstić information content (AvgIpc) is 2.81. The zero-order valence-electron chi connectivity index (χ0n) is 18.4. The van der Waals surface area contributed by atoms with Gasteiger partial charge in [-0.15, -0.1) is 0 Å². The molecule has 3 aromatic rings. The van der Waals surface area contributed by atoms with E-state index in [2.05, 4.69) is 0 Å². The van der Waals surface area contributed by atoms with Crippen molar-refractivity contribution in [1.82, 2.24) is 0 Å². The summed E-state index contributed by atoms with van der Waals surface area (Å²) in [5.41, 5.74) is 2.18. The second-order valence-electron chi connectivity index (χ2n) is 8.64. The van der Waals surface area contributed by atoms with Gasteiger partial charge in [-0.3, -0.25) is 0 Å². The lowest BCUT2D eigenvalue weighted by molar-refractivity contribution is 0.304. The highest BCUT2D eigenvalue weighted by Gasteiger charge is 2.26. The third kappa shape index (κ3) is 5.01. The van der Waals surface area contributed by atoms with Crippen LogP contribution in [0.5, 0.6) is 5.75 Å². The smallest absolute Gasteiger partial charge is 0.166 e. The molecule has 4 rings (SSSR count). The van der Waals surface area contributed by atoms with Gasteiger partial charge in [-0.2, -0.15) is 0 Å². The van der Waals surface area contributed by atoms with Crippen molar-refractivity contribution in [3.05, 3.63) is 89.2 Å². The number of ether oxygens (including phenoxy) is 1. The molecule has 1 fully saturated rings. The maximum absolute atomic E-state index is 14.9. The molecule has 1 aliphatic carbocycles. The lowest BCUT2D eigenvalue weighted by Crippen LogP contribution is -2.15. The lowest BCUT2D eigenvalue weighted by atomic mass is 9.76. The fourth-order valence-electron chi connectivity index (χ4n) is 4.83. The highest BCUT2D eigenvalue weighted by Crippen LogP contribution is 2.40. The summed E-state index contributed by atoms with van der Waals surface area (Å²) in [6.45, 7) is 2.39. The van der Waals surface area contributed by atoms with Crippen LogP contribution in [0.25, 0.3) is 11.1 Å². The summed E-state index contributed by atoms with van der Waals surface area (Å²) in [6, 6.07) is 17.6. The molecule has 168 valence electrons. The number of hydrogen-bond donors (Lipinski definition) is 0. The Balaban J connectivity index is 1.35. The second-order valence-corrected chi connectivity index (χ2v) is 8.64. The van der Waals surface area contributed by atoms with Gasteiger partial charge < -0.3 is 4.74 Å². The van der Waals surface area contributed by atoms with Crippen molar-refractivity contribution in [2.75, 3.05) is 6.61 Å². The molecule has 3 aromatic carbocycles. The molecular formula is C28H29F3O. The van der Waals surface area contributed by atoms with Crippen LogP contribution in [0.3, 0.4) is 0 Å². The van der Waals surface area contributed by atoms with Crippen LogP contribution in [-0.2, 0) is 6.42 Å². The number of rotatable bonds is 7. The quantitative estimate of drug-likeness (QED) is 0.362. The van der Waals surface area contributed by atoms with Gasteiger partial charge in [0.1, 0.15) is 11.6 Å². The zero-order valence-corrected chi connectivity index (χ0v) is 18.4. The fraction of sp³-hybridized carbons (Fsp3) is 0.357. The third-order valence-corrected chi connectivity index (χ3v) is 6.64. The molecular weight excluding hydrogens is 409 g/mol. The van der Waals surface area contributed by atoms with E-state index in [9.17, 15) is 13.2 Å². The summed E-state index contributed by atoms with van der Waals surface area (Å²) in [7, 11) is 0. The van der Waals surface area contributed by atoms with Crippen molar-refractivity contribution >= 4 is 0 Å². The van der Waals surface area contributed by atoms with Gasteiger partial charge >= 0.3 is 0 Å². The molecule has 0 amide bonds. The predicted octanol–water partition coefficient (Wildman–Crippen LogP) is 8.08. The molecule has 1 nitrogen and oxygen atoms in total. The highest BCUT2D eigenvalue weighted by molar-refractivity contribution is 5.64. The molecule has 0 radical (unpaired) electrons. The minimum atomic E-state index is -0.762. The monoisotopic (exact) mass is 438 g/mol. The maximum atomic E-state index is 14.9. The molecule has 0 aromatic heterocycles. The molecule has 0 spiro atoms. The Morgan fingerprint density at radius 3 is 2.28 bits per heavy atom. The summed E-state index contributed by atoms with van der Waals surface area (Å²) < 4.78 is 49.3. The highest BCUT2D eigenvalue weighted by atomic mass is 19.2. The third-order valence-electron chi connectivity index (χ3n) is 6.64. The Labute approximate surface area is 188 Å². The van der Waals surface area contributed by atoms with Gasteiger partial charge in [-0.25, -0.2) is 13.2 Å². The van der Waals surface area contributed by atoms with Crippen molar-refractivity contribution in [3.63, 3.8) is 0 Å². The van der Waals surface area contributed by atoms with Crippen LogP contribution in [0.15, 0.2) is 60.7 Å². The Bertz CT molecular complexity index is 1040. The molecule has 0 saturated heterocycles. The van der Waals surface area contributed by atoms with Crippen LogP contribution in [0.4, 0.5) is 13.2 Å². The Morgan fingerprint density at radius 1 is 0.844 bits per heavy atom. The fourth-order valence-corrected chi connectivity index (χ4v) is 4.83. The summed E-state index contributed by atoms with van der Waals surface area (Å²) in [5.74, 6) is -0.628. The molecule has 32 heavy (non-hydrogen) atoms. The summed E-state index contributed by atoms with van der Waals surface area (Å²) >= 11 is 0. The van der Waals surface area contributed by atoms with E-state index >= 15 is 0 Å². The Kier molecular flexibility index (Phi) is 7.19. The van der Waals surface area contributed by atoms with E-state index in [1.54, 1.807) is 30.3 Å². The predicted molar refractivity (Wildman–Crippen MR) is 122 cm³/mol. The molecule has 1 aliphatic rings. The molecule has 0 heterocycles. The van der Waals surface area contributed by atoms with Gasteiger partial charge in [0, 0.05) is 11.6 Å². The van der Waals surface area contributed by atoms with Crippen molar-refractivity contribution in [3.8, 4) is 16.9 Å². The Morgan fingerprint density at radius 2 is 1.59 bits per heavy atom. The van der Waals surface area contributed by atoms with Crippen LogP contribution < -0.4 is 4.74 Å². The average molecular weight is 439 g/mol.